The van der Waals surface area contributed by atoms with Crippen LogP contribution >= 0.6 is 0 Å². The normalized spacial score (nSPS) is 14.8. The highest BCUT2D eigenvalue weighted by atomic mass is 16.5. The Bertz CT molecular complexity index is 157. The summed E-state index contributed by atoms with van der Waals surface area (Å²) in [7, 11) is 3.33. The van der Waals surface area contributed by atoms with E-state index in [4.69, 9.17) is 24.7 Å². The van der Waals surface area contributed by atoms with Gasteiger partial charge in [-0.05, 0) is 26.3 Å². The van der Waals surface area contributed by atoms with Crippen LogP contribution in [0.25, 0.3) is 0 Å². The average molecular weight is 249 g/mol. The first-order valence-corrected chi connectivity index (χ1v) is 6.15. The molecule has 0 aliphatic rings. The Balaban J connectivity index is 3.71. The Kier molecular flexibility index (Phi) is 12.1. The van der Waals surface area contributed by atoms with Crippen molar-refractivity contribution in [1.82, 2.24) is 0 Å². The first kappa shape index (κ1) is 16.8. The molecule has 2 unspecified atom stereocenters. The molecule has 2 N–H and O–H groups in total. The first-order valence-electron chi connectivity index (χ1n) is 6.15. The van der Waals surface area contributed by atoms with Gasteiger partial charge in [0, 0.05) is 14.2 Å². The summed E-state index contributed by atoms with van der Waals surface area (Å²) in [4.78, 5) is 0. The van der Waals surface area contributed by atoms with E-state index in [1.165, 1.54) is 0 Å². The zero-order valence-electron chi connectivity index (χ0n) is 11.3. The van der Waals surface area contributed by atoms with Gasteiger partial charge in [-0.3, -0.25) is 0 Å². The standard InChI is InChI=1S/C12H27NO4/c1-11(16-8-6-14-2)10-12(4-5-13)17-9-7-15-3/h11-12H,4-10,13H2,1-3H3. The quantitative estimate of drug-likeness (QED) is 0.519. The van der Waals surface area contributed by atoms with Crippen molar-refractivity contribution >= 4 is 0 Å². The van der Waals surface area contributed by atoms with Crippen LogP contribution in [0.1, 0.15) is 19.8 Å². The topological polar surface area (TPSA) is 62.9 Å². The summed E-state index contributed by atoms with van der Waals surface area (Å²) in [6.45, 7) is 5.12. The molecule has 0 bridgehead atoms. The molecule has 0 saturated heterocycles. The minimum Gasteiger partial charge on any atom is -0.382 e. The summed E-state index contributed by atoms with van der Waals surface area (Å²) in [5, 5.41) is 0. The molecule has 0 radical (unpaired) electrons. The van der Waals surface area contributed by atoms with E-state index in [-0.39, 0.29) is 12.2 Å². The van der Waals surface area contributed by atoms with Crippen LogP contribution in [0.3, 0.4) is 0 Å². The predicted octanol–water partition coefficient (Wildman–Crippen LogP) is 0.808. The zero-order valence-corrected chi connectivity index (χ0v) is 11.3. The monoisotopic (exact) mass is 249 g/mol. The van der Waals surface area contributed by atoms with Gasteiger partial charge in [0.15, 0.2) is 0 Å². The van der Waals surface area contributed by atoms with Gasteiger partial charge < -0.3 is 24.7 Å². The molecule has 0 aromatic carbocycles. The van der Waals surface area contributed by atoms with Crippen molar-refractivity contribution in [3.8, 4) is 0 Å². The fourth-order valence-corrected chi connectivity index (χ4v) is 1.52. The minimum absolute atomic E-state index is 0.146. The van der Waals surface area contributed by atoms with Crippen molar-refractivity contribution in [2.45, 2.75) is 32.0 Å². The van der Waals surface area contributed by atoms with Gasteiger partial charge in [-0.25, -0.2) is 0 Å². The van der Waals surface area contributed by atoms with Gasteiger partial charge >= 0.3 is 0 Å². The van der Waals surface area contributed by atoms with E-state index in [9.17, 15) is 0 Å². The van der Waals surface area contributed by atoms with E-state index in [1.807, 2.05) is 6.92 Å². The molecular weight excluding hydrogens is 222 g/mol. The molecule has 0 heterocycles. The maximum atomic E-state index is 5.68. The molecular formula is C12H27NO4. The molecule has 0 spiro atoms. The second-order valence-electron chi connectivity index (χ2n) is 3.97. The van der Waals surface area contributed by atoms with Gasteiger partial charge in [0.1, 0.15) is 0 Å². The van der Waals surface area contributed by atoms with Crippen molar-refractivity contribution in [2.24, 2.45) is 5.73 Å². The molecule has 0 aromatic heterocycles. The molecule has 5 heteroatoms. The van der Waals surface area contributed by atoms with Gasteiger partial charge in [-0.2, -0.15) is 0 Å². The van der Waals surface area contributed by atoms with Gasteiger partial charge in [0.25, 0.3) is 0 Å². The summed E-state index contributed by atoms with van der Waals surface area (Å²) in [5.41, 5.74) is 5.56. The van der Waals surface area contributed by atoms with Gasteiger partial charge in [0.2, 0.25) is 0 Å². The SMILES string of the molecule is COCCOC(C)CC(CCN)OCCOC. The maximum Gasteiger partial charge on any atom is 0.0704 e. The minimum atomic E-state index is 0.146. The van der Waals surface area contributed by atoms with Crippen molar-refractivity contribution in [3.63, 3.8) is 0 Å². The van der Waals surface area contributed by atoms with Crippen molar-refractivity contribution in [2.75, 3.05) is 47.2 Å². The van der Waals surface area contributed by atoms with Gasteiger partial charge in [0.05, 0.1) is 38.6 Å². The van der Waals surface area contributed by atoms with E-state index in [0.29, 0.717) is 33.0 Å². The number of methoxy groups -OCH3 is 2. The van der Waals surface area contributed by atoms with Crippen LogP contribution in [0.5, 0.6) is 0 Å². The largest absolute Gasteiger partial charge is 0.382 e. The highest BCUT2D eigenvalue weighted by Gasteiger charge is 2.13. The number of ether oxygens (including phenoxy) is 4. The van der Waals surface area contributed by atoms with Crippen LogP contribution in [-0.2, 0) is 18.9 Å². The molecule has 17 heavy (non-hydrogen) atoms. The predicted molar refractivity (Wildman–Crippen MR) is 67.2 cm³/mol. The summed E-state index contributed by atoms with van der Waals surface area (Å²) in [6, 6.07) is 0. The number of hydrogen-bond acceptors (Lipinski definition) is 5. The maximum absolute atomic E-state index is 5.68. The van der Waals surface area contributed by atoms with E-state index >= 15 is 0 Å². The van der Waals surface area contributed by atoms with Crippen LogP contribution in [0.15, 0.2) is 0 Å². The molecule has 5 nitrogen and oxygen atoms in total. The van der Waals surface area contributed by atoms with E-state index in [1.54, 1.807) is 14.2 Å². The lowest BCUT2D eigenvalue weighted by Gasteiger charge is -2.21. The van der Waals surface area contributed by atoms with Crippen molar-refractivity contribution in [1.29, 1.82) is 0 Å². The second-order valence-corrected chi connectivity index (χ2v) is 3.97. The molecule has 0 aromatic rings. The average Bonchev–Trinajstić information content (AvgIpc) is 2.30. The second kappa shape index (κ2) is 12.3. The number of rotatable bonds is 12. The molecule has 0 saturated carbocycles. The Morgan fingerprint density at radius 1 is 0.941 bits per heavy atom. The van der Waals surface area contributed by atoms with E-state index < -0.39 is 0 Å². The van der Waals surface area contributed by atoms with Gasteiger partial charge in [-0.1, -0.05) is 0 Å². The van der Waals surface area contributed by atoms with Crippen LogP contribution in [0.2, 0.25) is 0 Å². The molecule has 104 valence electrons. The summed E-state index contributed by atoms with van der Waals surface area (Å²) in [6.07, 6.45) is 2.00. The molecule has 0 aliphatic carbocycles. The molecule has 0 amide bonds. The molecule has 2 atom stereocenters. The lowest BCUT2D eigenvalue weighted by Crippen LogP contribution is -2.26. The molecule has 0 rings (SSSR count). The van der Waals surface area contributed by atoms with E-state index in [2.05, 4.69) is 0 Å². The van der Waals surface area contributed by atoms with Crippen LogP contribution in [-0.4, -0.2) is 59.4 Å². The molecule has 0 aliphatic heterocycles. The third-order valence-electron chi connectivity index (χ3n) is 2.41. The third-order valence-corrected chi connectivity index (χ3v) is 2.41. The highest BCUT2D eigenvalue weighted by Crippen LogP contribution is 2.09. The highest BCUT2D eigenvalue weighted by molar-refractivity contribution is 4.64. The Morgan fingerprint density at radius 3 is 2.06 bits per heavy atom. The number of hydrogen-bond donors (Lipinski definition) is 1. The van der Waals surface area contributed by atoms with Crippen molar-refractivity contribution < 1.29 is 18.9 Å². The summed E-state index contributed by atoms with van der Waals surface area (Å²) in [5.74, 6) is 0. The van der Waals surface area contributed by atoms with Crippen LogP contribution < -0.4 is 5.73 Å². The number of nitrogens with two attached hydrogens (primary N) is 1. The lowest BCUT2D eigenvalue weighted by atomic mass is 10.1. The Hall–Kier alpha value is -0.200. The zero-order chi connectivity index (χ0) is 12.9. The summed E-state index contributed by atoms with van der Waals surface area (Å²) < 4.78 is 21.2. The Morgan fingerprint density at radius 2 is 1.53 bits per heavy atom. The fraction of sp³-hybridized carbons (Fsp3) is 1.00. The third kappa shape index (κ3) is 10.7. The van der Waals surface area contributed by atoms with Crippen molar-refractivity contribution in [3.05, 3.63) is 0 Å². The van der Waals surface area contributed by atoms with Gasteiger partial charge in [-0.15, -0.1) is 0 Å². The molecule has 0 fully saturated rings. The van der Waals surface area contributed by atoms with Crippen LogP contribution in [0, 0.1) is 0 Å². The van der Waals surface area contributed by atoms with E-state index in [0.717, 1.165) is 12.8 Å². The summed E-state index contributed by atoms with van der Waals surface area (Å²) >= 11 is 0. The smallest absolute Gasteiger partial charge is 0.0704 e. The first-order chi connectivity index (χ1) is 8.24. The Labute approximate surface area is 105 Å². The lowest BCUT2D eigenvalue weighted by molar-refractivity contribution is -0.0351. The van der Waals surface area contributed by atoms with Crippen LogP contribution in [0.4, 0.5) is 0 Å². The fourth-order valence-electron chi connectivity index (χ4n) is 1.52.